The predicted molar refractivity (Wildman–Crippen MR) is 98.3 cm³/mol. The molecule has 5 rings (SSSR count). The second-order valence-corrected chi connectivity index (χ2v) is 7.41. The molecule has 0 spiro atoms. The maximum Gasteiger partial charge on any atom is 0.258 e. The van der Waals surface area contributed by atoms with Gasteiger partial charge in [-0.05, 0) is 30.5 Å². The third-order valence-corrected chi connectivity index (χ3v) is 5.57. The molecule has 0 saturated carbocycles. The topological polar surface area (TPSA) is 59.6 Å². The van der Waals surface area contributed by atoms with Crippen LogP contribution in [0.4, 0.5) is 0 Å². The Morgan fingerprint density at radius 1 is 1.00 bits per heavy atom. The van der Waals surface area contributed by atoms with Crippen LogP contribution < -0.4 is 11.1 Å². The quantitative estimate of drug-likeness (QED) is 0.704. The Morgan fingerprint density at radius 2 is 1.92 bits per heavy atom. The van der Waals surface area contributed by atoms with E-state index in [0.29, 0.717) is 24.0 Å². The second kappa shape index (κ2) is 5.92. The van der Waals surface area contributed by atoms with Crippen molar-refractivity contribution in [3.8, 4) is 0 Å². The molecule has 2 atom stereocenters. The molecule has 2 aliphatic rings. The monoisotopic (exact) mass is 348 g/mol. The van der Waals surface area contributed by atoms with Crippen molar-refractivity contribution in [1.82, 2.24) is 18.9 Å². The summed E-state index contributed by atoms with van der Waals surface area (Å²) in [4.78, 5) is 31.5. The van der Waals surface area contributed by atoms with Crippen molar-refractivity contribution in [3.05, 3.63) is 80.8 Å². The lowest BCUT2D eigenvalue weighted by atomic mass is 9.83. The van der Waals surface area contributed by atoms with Crippen LogP contribution in [0.1, 0.15) is 23.7 Å². The summed E-state index contributed by atoms with van der Waals surface area (Å²) >= 11 is 0. The molecular formula is C20H20N4O2. The minimum absolute atomic E-state index is 0.0419. The van der Waals surface area contributed by atoms with Crippen molar-refractivity contribution in [2.45, 2.75) is 25.4 Å². The summed E-state index contributed by atoms with van der Waals surface area (Å²) in [5.41, 5.74) is 2.70. The maximum absolute atomic E-state index is 12.3. The fourth-order valence-corrected chi connectivity index (χ4v) is 4.54. The van der Waals surface area contributed by atoms with E-state index in [9.17, 15) is 9.59 Å². The summed E-state index contributed by atoms with van der Waals surface area (Å²) in [5, 5.41) is 0. The highest BCUT2D eigenvalue weighted by molar-refractivity contribution is 5.38. The van der Waals surface area contributed by atoms with Gasteiger partial charge in [-0.1, -0.05) is 12.1 Å². The van der Waals surface area contributed by atoms with E-state index in [1.165, 1.54) is 0 Å². The summed E-state index contributed by atoms with van der Waals surface area (Å²) in [5.74, 6) is 0.848. The summed E-state index contributed by atoms with van der Waals surface area (Å²) < 4.78 is 3.51. The van der Waals surface area contributed by atoms with Crippen molar-refractivity contribution >= 4 is 5.65 Å². The van der Waals surface area contributed by atoms with Crippen molar-refractivity contribution < 1.29 is 0 Å². The lowest BCUT2D eigenvalue weighted by molar-refractivity contribution is 0.113. The van der Waals surface area contributed by atoms with Gasteiger partial charge in [0.2, 0.25) is 0 Å². The van der Waals surface area contributed by atoms with Crippen molar-refractivity contribution in [2.75, 3.05) is 13.1 Å². The van der Waals surface area contributed by atoms with Gasteiger partial charge in [0.05, 0.1) is 5.69 Å². The van der Waals surface area contributed by atoms with Crippen LogP contribution in [0.15, 0.2) is 58.3 Å². The Hall–Kier alpha value is -2.73. The molecule has 132 valence electrons. The molecule has 6 nitrogen and oxygen atoms in total. The summed E-state index contributed by atoms with van der Waals surface area (Å²) in [6, 6.07) is 12.8. The molecule has 3 aromatic rings. The van der Waals surface area contributed by atoms with Gasteiger partial charge in [0.25, 0.3) is 11.1 Å². The van der Waals surface area contributed by atoms with Gasteiger partial charge in [-0.15, -0.1) is 0 Å². The summed E-state index contributed by atoms with van der Waals surface area (Å²) in [7, 11) is 0. The van der Waals surface area contributed by atoms with Gasteiger partial charge in [0.1, 0.15) is 5.65 Å². The average molecular weight is 348 g/mol. The van der Waals surface area contributed by atoms with Gasteiger partial charge in [-0.25, -0.2) is 4.98 Å². The first kappa shape index (κ1) is 15.5. The summed E-state index contributed by atoms with van der Waals surface area (Å²) in [6.45, 7) is 3.30. The number of hydrogen-bond donors (Lipinski definition) is 0. The Bertz CT molecular complexity index is 1100. The molecule has 0 radical (unpaired) electrons. The second-order valence-electron chi connectivity index (χ2n) is 7.41. The van der Waals surface area contributed by atoms with E-state index in [1.807, 2.05) is 28.8 Å². The van der Waals surface area contributed by atoms with Crippen LogP contribution in [-0.2, 0) is 13.1 Å². The maximum atomic E-state index is 12.3. The van der Waals surface area contributed by atoms with Crippen LogP contribution >= 0.6 is 0 Å². The standard InChI is InChI=1S/C20H20N4O2/c25-19-6-3-4-17-15-8-14(11-24(17)19)10-22(12-15)13-16-9-20(26)23-7-2-1-5-18(23)21-16/h1-7,9,14-15H,8,10-13H2. The molecule has 26 heavy (non-hydrogen) atoms. The molecular weight excluding hydrogens is 328 g/mol. The van der Waals surface area contributed by atoms with Gasteiger partial charge in [0.15, 0.2) is 0 Å². The third-order valence-electron chi connectivity index (χ3n) is 5.57. The Balaban J connectivity index is 1.43. The summed E-state index contributed by atoms with van der Waals surface area (Å²) in [6.07, 6.45) is 2.88. The number of nitrogens with zero attached hydrogens (tertiary/aromatic N) is 4. The van der Waals surface area contributed by atoms with E-state index in [4.69, 9.17) is 0 Å². The molecule has 2 bridgehead atoms. The Labute approximate surface area is 150 Å². The highest BCUT2D eigenvalue weighted by Gasteiger charge is 2.34. The van der Waals surface area contributed by atoms with Crippen LogP contribution in [-0.4, -0.2) is 31.9 Å². The van der Waals surface area contributed by atoms with E-state index in [-0.39, 0.29) is 11.1 Å². The van der Waals surface area contributed by atoms with Gasteiger partial charge in [-0.3, -0.25) is 18.9 Å². The molecule has 0 N–H and O–H groups in total. The van der Waals surface area contributed by atoms with Crippen LogP contribution in [0.3, 0.4) is 0 Å². The largest absolute Gasteiger partial charge is 0.312 e. The molecule has 2 aliphatic heterocycles. The number of fused-ring (bicyclic) bond motifs is 5. The lowest BCUT2D eigenvalue weighted by Gasteiger charge is -2.42. The normalized spacial score (nSPS) is 22.3. The van der Waals surface area contributed by atoms with Gasteiger partial charge in [0, 0.05) is 56.1 Å². The molecule has 0 aromatic carbocycles. The van der Waals surface area contributed by atoms with Crippen molar-refractivity contribution in [3.63, 3.8) is 0 Å². The highest BCUT2D eigenvalue weighted by atomic mass is 16.1. The zero-order chi connectivity index (χ0) is 17.7. The number of aromatic nitrogens is 3. The first-order chi connectivity index (χ1) is 12.7. The fraction of sp³-hybridized carbons (Fsp3) is 0.350. The SMILES string of the molecule is O=c1cccc2n1CC1CC2CN(Cc2cc(=O)n3ccccc3n2)C1. The number of likely N-dealkylation sites (tertiary alicyclic amines) is 1. The first-order valence-corrected chi connectivity index (χ1v) is 9.07. The van der Waals surface area contributed by atoms with Crippen LogP contribution in [0.5, 0.6) is 0 Å². The van der Waals surface area contributed by atoms with Crippen molar-refractivity contribution in [2.24, 2.45) is 5.92 Å². The molecule has 2 unspecified atom stereocenters. The van der Waals surface area contributed by atoms with E-state index < -0.39 is 0 Å². The molecule has 1 fully saturated rings. The van der Waals surface area contributed by atoms with E-state index in [2.05, 4.69) is 16.0 Å². The van der Waals surface area contributed by atoms with E-state index in [0.717, 1.165) is 37.4 Å². The van der Waals surface area contributed by atoms with Crippen LogP contribution in [0.25, 0.3) is 5.65 Å². The highest BCUT2D eigenvalue weighted by Crippen LogP contribution is 2.35. The van der Waals surface area contributed by atoms with E-state index >= 15 is 0 Å². The Kier molecular flexibility index (Phi) is 3.53. The molecule has 6 heteroatoms. The predicted octanol–water partition coefficient (Wildman–Crippen LogP) is 1.48. The van der Waals surface area contributed by atoms with Crippen molar-refractivity contribution in [1.29, 1.82) is 0 Å². The molecule has 1 saturated heterocycles. The number of hydrogen-bond acceptors (Lipinski definition) is 4. The van der Waals surface area contributed by atoms with Crippen LogP contribution in [0.2, 0.25) is 0 Å². The first-order valence-electron chi connectivity index (χ1n) is 9.07. The third kappa shape index (κ3) is 2.57. The molecule has 5 heterocycles. The fourth-order valence-electron chi connectivity index (χ4n) is 4.54. The average Bonchev–Trinajstić information content (AvgIpc) is 2.63. The lowest BCUT2D eigenvalue weighted by Crippen LogP contribution is -2.46. The number of rotatable bonds is 2. The zero-order valence-electron chi connectivity index (χ0n) is 14.4. The van der Waals surface area contributed by atoms with Gasteiger partial charge < -0.3 is 4.57 Å². The molecule has 0 amide bonds. The minimum Gasteiger partial charge on any atom is -0.312 e. The van der Waals surface area contributed by atoms with Gasteiger partial charge in [-0.2, -0.15) is 0 Å². The van der Waals surface area contributed by atoms with E-state index in [1.54, 1.807) is 22.7 Å². The number of piperidine rings is 1. The zero-order valence-corrected chi connectivity index (χ0v) is 14.4. The minimum atomic E-state index is -0.0419. The smallest absolute Gasteiger partial charge is 0.258 e. The molecule has 3 aromatic heterocycles. The number of pyridine rings is 2. The molecule has 0 aliphatic carbocycles. The van der Waals surface area contributed by atoms with Crippen LogP contribution in [0, 0.1) is 5.92 Å². The van der Waals surface area contributed by atoms with Gasteiger partial charge >= 0.3 is 0 Å². The Morgan fingerprint density at radius 3 is 2.85 bits per heavy atom.